The molecule has 0 aromatic heterocycles. The third-order valence-corrected chi connectivity index (χ3v) is 4.23. The summed E-state index contributed by atoms with van der Waals surface area (Å²) in [5.41, 5.74) is 0.532. The predicted molar refractivity (Wildman–Crippen MR) is 74.8 cm³/mol. The third kappa shape index (κ3) is 3.36. The molecule has 0 bridgehead atoms. The van der Waals surface area contributed by atoms with Crippen molar-refractivity contribution in [1.29, 1.82) is 0 Å². The number of nitrogens with zero attached hydrogens (tertiary/aromatic N) is 1. The molecule has 1 aliphatic rings. The number of carboxylic acid groups (broad SMARTS) is 1. The van der Waals surface area contributed by atoms with Crippen molar-refractivity contribution in [2.75, 3.05) is 6.54 Å². The predicted octanol–water partition coefficient (Wildman–Crippen LogP) is 2.60. The van der Waals surface area contributed by atoms with Crippen LogP contribution >= 0.6 is 15.9 Å². The molecule has 0 spiro atoms. The number of rotatable bonds is 3. The van der Waals surface area contributed by atoms with E-state index in [0.717, 1.165) is 12.8 Å². The first-order valence-electron chi connectivity index (χ1n) is 6.45. The van der Waals surface area contributed by atoms with E-state index in [9.17, 15) is 14.0 Å². The Kier molecular flexibility index (Phi) is 4.75. The molecule has 1 atom stereocenters. The zero-order valence-electron chi connectivity index (χ0n) is 10.8. The normalized spacial score (nSPS) is 18.9. The summed E-state index contributed by atoms with van der Waals surface area (Å²) in [5, 5.41) is 9.16. The second-order valence-corrected chi connectivity index (χ2v) is 5.70. The maximum absolute atomic E-state index is 13.2. The van der Waals surface area contributed by atoms with Gasteiger partial charge < -0.3 is 10.0 Å². The summed E-state index contributed by atoms with van der Waals surface area (Å²) in [4.78, 5) is 24.8. The Labute approximate surface area is 124 Å². The molecule has 4 nitrogen and oxygen atoms in total. The highest BCUT2D eigenvalue weighted by atomic mass is 79.9. The molecule has 1 saturated heterocycles. The minimum absolute atomic E-state index is 0.00211. The lowest BCUT2D eigenvalue weighted by Crippen LogP contribution is -2.48. The van der Waals surface area contributed by atoms with Crippen molar-refractivity contribution in [1.82, 2.24) is 4.90 Å². The molecule has 1 amide bonds. The highest BCUT2D eigenvalue weighted by Crippen LogP contribution is 2.22. The fourth-order valence-electron chi connectivity index (χ4n) is 2.43. The quantitative estimate of drug-likeness (QED) is 0.917. The number of amides is 1. The molecule has 1 aromatic rings. The first-order valence-corrected chi connectivity index (χ1v) is 7.24. The number of likely N-dealkylation sites (tertiary alicyclic amines) is 1. The average molecular weight is 344 g/mol. The van der Waals surface area contributed by atoms with E-state index in [-0.39, 0.29) is 12.3 Å². The van der Waals surface area contributed by atoms with Crippen molar-refractivity contribution < 1.29 is 19.1 Å². The smallest absolute Gasteiger partial charge is 0.326 e. The van der Waals surface area contributed by atoms with E-state index in [1.165, 1.54) is 17.0 Å². The van der Waals surface area contributed by atoms with Crippen LogP contribution in [-0.2, 0) is 16.0 Å². The van der Waals surface area contributed by atoms with Gasteiger partial charge in [-0.05, 0) is 43.0 Å². The van der Waals surface area contributed by atoms with Crippen LogP contribution in [-0.4, -0.2) is 34.5 Å². The maximum Gasteiger partial charge on any atom is 0.326 e. The number of aliphatic carboxylic acids is 1. The molecule has 1 unspecified atom stereocenters. The van der Waals surface area contributed by atoms with Gasteiger partial charge in [-0.1, -0.05) is 15.9 Å². The van der Waals surface area contributed by atoms with Crippen molar-refractivity contribution in [3.8, 4) is 0 Å². The molecule has 0 radical (unpaired) electrons. The van der Waals surface area contributed by atoms with Crippen LogP contribution in [0.1, 0.15) is 24.8 Å². The molecule has 0 aliphatic carbocycles. The van der Waals surface area contributed by atoms with Crippen molar-refractivity contribution in [2.24, 2.45) is 0 Å². The lowest BCUT2D eigenvalue weighted by Gasteiger charge is -2.33. The first-order chi connectivity index (χ1) is 9.49. The van der Waals surface area contributed by atoms with Gasteiger partial charge in [0, 0.05) is 11.0 Å². The number of halogens is 2. The fourth-order valence-corrected chi connectivity index (χ4v) is 2.82. The molecule has 1 N–H and O–H groups in total. The fraction of sp³-hybridized carbons (Fsp3) is 0.429. The summed E-state index contributed by atoms with van der Waals surface area (Å²) in [6.45, 7) is 0.447. The van der Waals surface area contributed by atoms with E-state index >= 15 is 0 Å². The standard InChI is InChI=1S/C14H15BrFNO3/c15-11-5-4-10(16)7-9(11)8-13(18)17-6-2-1-3-12(17)14(19)20/h4-5,7,12H,1-3,6,8H2,(H,19,20). The molecule has 2 rings (SSSR count). The van der Waals surface area contributed by atoms with Crippen molar-refractivity contribution in [3.63, 3.8) is 0 Å². The number of carbonyl (C=O) groups is 2. The van der Waals surface area contributed by atoms with Crippen LogP contribution in [0.2, 0.25) is 0 Å². The Bertz CT molecular complexity index is 535. The summed E-state index contributed by atoms with van der Waals surface area (Å²) in [7, 11) is 0. The molecular weight excluding hydrogens is 329 g/mol. The van der Waals surface area contributed by atoms with Crippen LogP contribution in [0.25, 0.3) is 0 Å². The molecule has 1 aromatic carbocycles. The third-order valence-electron chi connectivity index (χ3n) is 3.46. The van der Waals surface area contributed by atoms with Gasteiger partial charge in [0.25, 0.3) is 0 Å². The van der Waals surface area contributed by atoms with Crippen LogP contribution in [0.3, 0.4) is 0 Å². The molecule has 108 valence electrons. The van der Waals surface area contributed by atoms with Gasteiger partial charge in [0.05, 0.1) is 6.42 Å². The number of hydrogen-bond acceptors (Lipinski definition) is 2. The van der Waals surface area contributed by atoms with Gasteiger partial charge in [-0.2, -0.15) is 0 Å². The SMILES string of the molecule is O=C(O)C1CCCCN1C(=O)Cc1cc(F)ccc1Br. The van der Waals surface area contributed by atoms with Gasteiger partial charge in [-0.15, -0.1) is 0 Å². The van der Waals surface area contributed by atoms with Gasteiger partial charge in [0.15, 0.2) is 0 Å². The van der Waals surface area contributed by atoms with Crippen LogP contribution in [0, 0.1) is 5.82 Å². The summed E-state index contributed by atoms with van der Waals surface area (Å²) >= 11 is 3.27. The number of hydrogen-bond donors (Lipinski definition) is 1. The van der Waals surface area contributed by atoms with Crippen LogP contribution < -0.4 is 0 Å². The largest absolute Gasteiger partial charge is 0.480 e. The first kappa shape index (κ1) is 15.0. The maximum atomic E-state index is 13.2. The molecule has 1 fully saturated rings. The summed E-state index contributed by atoms with van der Waals surface area (Å²) in [5.74, 6) is -1.66. The Hall–Kier alpha value is -1.43. The van der Waals surface area contributed by atoms with E-state index in [0.29, 0.717) is 23.0 Å². The summed E-state index contributed by atoms with van der Waals surface area (Å²) in [6, 6.07) is 3.38. The summed E-state index contributed by atoms with van der Waals surface area (Å²) in [6.07, 6.45) is 2.10. The molecule has 6 heteroatoms. The number of carbonyl (C=O) groups excluding carboxylic acids is 1. The van der Waals surface area contributed by atoms with Crippen molar-refractivity contribution in [3.05, 3.63) is 34.1 Å². The van der Waals surface area contributed by atoms with Gasteiger partial charge >= 0.3 is 5.97 Å². The van der Waals surface area contributed by atoms with Gasteiger partial charge in [-0.3, -0.25) is 4.79 Å². The lowest BCUT2D eigenvalue weighted by atomic mass is 10.0. The Morgan fingerprint density at radius 3 is 2.85 bits per heavy atom. The van der Waals surface area contributed by atoms with Crippen molar-refractivity contribution in [2.45, 2.75) is 31.7 Å². The minimum atomic E-state index is -0.976. The zero-order valence-corrected chi connectivity index (χ0v) is 12.4. The Morgan fingerprint density at radius 1 is 1.40 bits per heavy atom. The number of carboxylic acids is 1. The number of benzene rings is 1. The molecule has 20 heavy (non-hydrogen) atoms. The monoisotopic (exact) mass is 343 g/mol. The van der Waals surface area contributed by atoms with E-state index in [2.05, 4.69) is 15.9 Å². The number of piperidine rings is 1. The molecular formula is C14H15BrFNO3. The van der Waals surface area contributed by atoms with Crippen LogP contribution in [0.5, 0.6) is 0 Å². The highest BCUT2D eigenvalue weighted by molar-refractivity contribution is 9.10. The topological polar surface area (TPSA) is 57.6 Å². The highest BCUT2D eigenvalue weighted by Gasteiger charge is 2.31. The van der Waals surface area contributed by atoms with E-state index in [1.807, 2.05) is 0 Å². The Balaban J connectivity index is 2.14. The van der Waals surface area contributed by atoms with Gasteiger partial charge in [0.2, 0.25) is 5.91 Å². The second kappa shape index (κ2) is 6.35. The second-order valence-electron chi connectivity index (χ2n) is 4.85. The van der Waals surface area contributed by atoms with Crippen LogP contribution in [0.4, 0.5) is 4.39 Å². The molecule has 1 aliphatic heterocycles. The Morgan fingerprint density at radius 2 is 2.15 bits per heavy atom. The lowest BCUT2D eigenvalue weighted by molar-refractivity contribution is -0.151. The van der Waals surface area contributed by atoms with E-state index in [1.54, 1.807) is 6.07 Å². The minimum Gasteiger partial charge on any atom is -0.480 e. The van der Waals surface area contributed by atoms with Gasteiger partial charge in [-0.25, -0.2) is 9.18 Å². The van der Waals surface area contributed by atoms with Crippen LogP contribution in [0.15, 0.2) is 22.7 Å². The zero-order chi connectivity index (χ0) is 14.7. The van der Waals surface area contributed by atoms with E-state index < -0.39 is 17.8 Å². The van der Waals surface area contributed by atoms with Crippen molar-refractivity contribution >= 4 is 27.8 Å². The average Bonchev–Trinajstić information content (AvgIpc) is 2.42. The summed E-state index contributed by atoms with van der Waals surface area (Å²) < 4.78 is 13.9. The molecule has 0 saturated carbocycles. The van der Waals surface area contributed by atoms with E-state index in [4.69, 9.17) is 5.11 Å². The molecule has 1 heterocycles. The van der Waals surface area contributed by atoms with Gasteiger partial charge in [0.1, 0.15) is 11.9 Å².